The molecule has 1 aromatic carbocycles. The normalized spacial score (nSPS) is 10.2. The Bertz CT molecular complexity index is 369. The standard InChI is InChI=1S/C11H14Cl2N2O/c12-9-2-1-8(7-10(9)13)4-6-15-11(16)3-5-14/h1-2,7H,3-6,14H2,(H,15,16). The molecule has 88 valence electrons. The Morgan fingerprint density at radius 1 is 1.31 bits per heavy atom. The van der Waals surface area contributed by atoms with E-state index in [9.17, 15) is 4.79 Å². The summed E-state index contributed by atoms with van der Waals surface area (Å²) in [6.45, 7) is 0.954. The number of carbonyl (C=O) groups excluding carboxylic acids is 1. The van der Waals surface area contributed by atoms with Crippen LogP contribution in [0.15, 0.2) is 18.2 Å². The van der Waals surface area contributed by atoms with Crippen LogP contribution in [-0.4, -0.2) is 19.0 Å². The molecular weight excluding hydrogens is 247 g/mol. The number of nitrogens with one attached hydrogen (secondary N) is 1. The molecule has 5 heteroatoms. The fourth-order valence-corrected chi connectivity index (χ4v) is 1.58. The molecule has 0 radical (unpaired) electrons. The van der Waals surface area contributed by atoms with Crippen LogP contribution in [0.1, 0.15) is 12.0 Å². The van der Waals surface area contributed by atoms with Gasteiger partial charge in [-0.2, -0.15) is 0 Å². The van der Waals surface area contributed by atoms with Crippen LogP contribution in [0.2, 0.25) is 10.0 Å². The molecule has 0 saturated carbocycles. The Morgan fingerprint density at radius 2 is 2.06 bits per heavy atom. The lowest BCUT2D eigenvalue weighted by molar-refractivity contribution is -0.120. The van der Waals surface area contributed by atoms with Crippen LogP contribution >= 0.6 is 23.2 Å². The quantitative estimate of drug-likeness (QED) is 0.851. The highest BCUT2D eigenvalue weighted by molar-refractivity contribution is 6.42. The van der Waals surface area contributed by atoms with E-state index >= 15 is 0 Å². The maximum Gasteiger partial charge on any atom is 0.221 e. The van der Waals surface area contributed by atoms with Gasteiger partial charge in [-0.05, 0) is 24.1 Å². The second kappa shape index (κ2) is 6.74. The summed E-state index contributed by atoms with van der Waals surface area (Å²) in [5.74, 6) is -0.0254. The minimum absolute atomic E-state index is 0.0254. The van der Waals surface area contributed by atoms with Crippen LogP contribution in [0.4, 0.5) is 0 Å². The van der Waals surface area contributed by atoms with Gasteiger partial charge in [0, 0.05) is 19.5 Å². The minimum atomic E-state index is -0.0254. The van der Waals surface area contributed by atoms with Crippen molar-refractivity contribution in [2.75, 3.05) is 13.1 Å². The Labute approximate surface area is 105 Å². The Balaban J connectivity index is 2.37. The number of benzene rings is 1. The fraction of sp³-hybridized carbons (Fsp3) is 0.364. The van der Waals surface area contributed by atoms with E-state index in [-0.39, 0.29) is 5.91 Å². The van der Waals surface area contributed by atoms with Crippen molar-refractivity contribution in [3.8, 4) is 0 Å². The molecule has 0 saturated heterocycles. The van der Waals surface area contributed by atoms with Crippen LogP contribution in [0, 0.1) is 0 Å². The van der Waals surface area contributed by atoms with Gasteiger partial charge in [-0.3, -0.25) is 4.79 Å². The molecule has 3 nitrogen and oxygen atoms in total. The molecule has 1 rings (SSSR count). The monoisotopic (exact) mass is 260 g/mol. The second-order valence-corrected chi connectivity index (χ2v) is 4.20. The van der Waals surface area contributed by atoms with E-state index in [1.807, 2.05) is 6.07 Å². The number of halogens is 2. The molecule has 0 spiro atoms. The van der Waals surface area contributed by atoms with E-state index in [4.69, 9.17) is 28.9 Å². The summed E-state index contributed by atoms with van der Waals surface area (Å²) >= 11 is 11.7. The molecule has 0 unspecified atom stereocenters. The van der Waals surface area contributed by atoms with Crippen LogP contribution in [0.5, 0.6) is 0 Å². The molecule has 1 aromatic rings. The van der Waals surface area contributed by atoms with Crippen molar-refractivity contribution in [2.24, 2.45) is 5.73 Å². The SMILES string of the molecule is NCCC(=O)NCCc1ccc(Cl)c(Cl)c1. The molecule has 0 aliphatic heterocycles. The van der Waals surface area contributed by atoms with Crippen molar-refractivity contribution in [1.82, 2.24) is 5.32 Å². The van der Waals surface area contributed by atoms with Crippen molar-refractivity contribution in [3.63, 3.8) is 0 Å². The van der Waals surface area contributed by atoms with Crippen LogP contribution < -0.4 is 11.1 Å². The molecule has 0 atom stereocenters. The lowest BCUT2D eigenvalue weighted by Gasteiger charge is -2.05. The number of hydrogen-bond donors (Lipinski definition) is 2. The molecule has 1 amide bonds. The molecule has 0 bridgehead atoms. The van der Waals surface area contributed by atoms with Gasteiger partial charge < -0.3 is 11.1 Å². The van der Waals surface area contributed by atoms with Crippen molar-refractivity contribution < 1.29 is 4.79 Å². The summed E-state index contributed by atoms with van der Waals surface area (Å²) < 4.78 is 0. The van der Waals surface area contributed by atoms with Gasteiger partial charge in [0.25, 0.3) is 0 Å². The molecule has 0 fully saturated rings. The fourth-order valence-electron chi connectivity index (χ4n) is 1.26. The van der Waals surface area contributed by atoms with Gasteiger partial charge in [0.2, 0.25) is 5.91 Å². The summed E-state index contributed by atoms with van der Waals surface area (Å²) in [4.78, 5) is 11.1. The molecule has 0 aliphatic rings. The summed E-state index contributed by atoms with van der Waals surface area (Å²) in [7, 11) is 0. The Morgan fingerprint density at radius 3 is 2.69 bits per heavy atom. The van der Waals surface area contributed by atoms with E-state index in [1.54, 1.807) is 12.1 Å². The lowest BCUT2D eigenvalue weighted by atomic mass is 10.1. The Hall–Kier alpha value is -0.770. The Kier molecular flexibility index (Phi) is 5.60. The van der Waals surface area contributed by atoms with E-state index < -0.39 is 0 Å². The van der Waals surface area contributed by atoms with E-state index in [0.29, 0.717) is 29.6 Å². The highest BCUT2D eigenvalue weighted by Crippen LogP contribution is 2.22. The third-order valence-electron chi connectivity index (χ3n) is 2.09. The second-order valence-electron chi connectivity index (χ2n) is 3.39. The predicted octanol–water partition coefficient (Wildman–Crippen LogP) is 2.00. The molecule has 3 N–H and O–H groups in total. The minimum Gasteiger partial charge on any atom is -0.356 e. The topological polar surface area (TPSA) is 55.1 Å². The van der Waals surface area contributed by atoms with E-state index in [1.165, 1.54) is 0 Å². The molecular formula is C11H14Cl2N2O. The third kappa shape index (κ3) is 4.39. The summed E-state index contributed by atoms with van der Waals surface area (Å²) in [5, 5.41) is 3.85. The van der Waals surface area contributed by atoms with Gasteiger partial charge in [-0.1, -0.05) is 29.3 Å². The average molecular weight is 261 g/mol. The molecule has 0 aliphatic carbocycles. The third-order valence-corrected chi connectivity index (χ3v) is 2.83. The molecule has 16 heavy (non-hydrogen) atoms. The smallest absolute Gasteiger partial charge is 0.221 e. The largest absolute Gasteiger partial charge is 0.356 e. The number of nitrogens with two attached hydrogens (primary N) is 1. The number of amides is 1. The number of carbonyl (C=O) groups is 1. The molecule has 0 heterocycles. The van der Waals surface area contributed by atoms with Gasteiger partial charge in [0.15, 0.2) is 0 Å². The van der Waals surface area contributed by atoms with Crippen molar-refractivity contribution >= 4 is 29.1 Å². The summed E-state index contributed by atoms with van der Waals surface area (Å²) in [6.07, 6.45) is 1.09. The first kappa shape index (κ1) is 13.3. The maximum absolute atomic E-state index is 11.1. The zero-order valence-electron chi connectivity index (χ0n) is 8.80. The van der Waals surface area contributed by atoms with Crippen molar-refractivity contribution in [1.29, 1.82) is 0 Å². The molecule has 0 aromatic heterocycles. The highest BCUT2D eigenvalue weighted by atomic mass is 35.5. The van der Waals surface area contributed by atoms with Crippen LogP contribution in [-0.2, 0) is 11.2 Å². The van der Waals surface area contributed by atoms with Gasteiger partial charge >= 0.3 is 0 Å². The highest BCUT2D eigenvalue weighted by Gasteiger charge is 2.01. The zero-order valence-corrected chi connectivity index (χ0v) is 10.3. The predicted molar refractivity (Wildman–Crippen MR) is 66.8 cm³/mol. The van der Waals surface area contributed by atoms with Crippen LogP contribution in [0.25, 0.3) is 0 Å². The van der Waals surface area contributed by atoms with Gasteiger partial charge in [-0.25, -0.2) is 0 Å². The first-order valence-corrected chi connectivity index (χ1v) is 5.79. The van der Waals surface area contributed by atoms with Crippen molar-refractivity contribution in [2.45, 2.75) is 12.8 Å². The van der Waals surface area contributed by atoms with Gasteiger partial charge in [0.1, 0.15) is 0 Å². The number of hydrogen-bond acceptors (Lipinski definition) is 2. The maximum atomic E-state index is 11.1. The van der Waals surface area contributed by atoms with Crippen LogP contribution in [0.3, 0.4) is 0 Å². The van der Waals surface area contributed by atoms with E-state index in [2.05, 4.69) is 5.32 Å². The van der Waals surface area contributed by atoms with Crippen molar-refractivity contribution in [3.05, 3.63) is 33.8 Å². The lowest BCUT2D eigenvalue weighted by Crippen LogP contribution is -2.27. The first-order chi connectivity index (χ1) is 7.63. The van der Waals surface area contributed by atoms with Gasteiger partial charge in [-0.15, -0.1) is 0 Å². The first-order valence-electron chi connectivity index (χ1n) is 5.04. The summed E-state index contributed by atoms with van der Waals surface area (Å²) in [6, 6.07) is 5.45. The number of rotatable bonds is 5. The van der Waals surface area contributed by atoms with Gasteiger partial charge in [0.05, 0.1) is 10.0 Å². The van der Waals surface area contributed by atoms with E-state index in [0.717, 1.165) is 12.0 Å². The average Bonchev–Trinajstić information content (AvgIpc) is 2.24. The zero-order chi connectivity index (χ0) is 12.0. The summed E-state index contributed by atoms with van der Waals surface area (Å²) in [5.41, 5.74) is 6.30.